The molecule has 4 heteroatoms. The second kappa shape index (κ2) is 3.61. The largest absolute Gasteiger partial charge is 0.290 e. The zero-order valence-corrected chi connectivity index (χ0v) is 6.56. The molecule has 0 fully saturated rings. The second-order valence-corrected chi connectivity index (χ2v) is 3.08. The van der Waals surface area contributed by atoms with Gasteiger partial charge >= 0.3 is 0 Å². The van der Waals surface area contributed by atoms with Crippen LogP contribution >= 0.6 is 0 Å². The fourth-order valence-corrected chi connectivity index (χ4v) is 1.49. The van der Waals surface area contributed by atoms with E-state index in [1.807, 2.05) is 6.08 Å². The van der Waals surface area contributed by atoms with Gasteiger partial charge in [-0.2, -0.15) is 0 Å². The van der Waals surface area contributed by atoms with Crippen LogP contribution in [0.5, 0.6) is 0 Å². The number of hydrogen-bond acceptors (Lipinski definition) is 2. The third-order valence-corrected chi connectivity index (χ3v) is 2.00. The van der Waals surface area contributed by atoms with E-state index in [4.69, 9.17) is 0 Å². The molecule has 0 aliphatic heterocycles. The maximum Gasteiger partial charge on any atom is 0.222 e. The first-order valence-corrected chi connectivity index (χ1v) is 4.57. The number of rotatable bonds is 2. The summed E-state index contributed by atoms with van der Waals surface area (Å²) in [6.45, 7) is 0. The molecule has 0 radical (unpaired) electrons. The molecule has 0 aromatic carbocycles. The average Bonchev–Trinajstić information content (AvgIpc) is 1.88. The van der Waals surface area contributed by atoms with Gasteiger partial charge in [-0.1, -0.05) is 6.08 Å². The molecule has 0 bridgehead atoms. The minimum absolute atomic E-state index is 0.863. The summed E-state index contributed by atoms with van der Waals surface area (Å²) in [4.78, 5) is 0. The molecule has 0 unspecified atom stereocenters. The van der Waals surface area contributed by atoms with Gasteiger partial charge in [0.05, 0.1) is 0 Å². The fourth-order valence-electron chi connectivity index (χ4n) is 1.06. The molecule has 1 aliphatic carbocycles. The van der Waals surface area contributed by atoms with Crippen LogP contribution in [0.2, 0.25) is 0 Å². The second-order valence-electron chi connectivity index (χ2n) is 2.34. The molecule has 0 spiro atoms. The molecular formula is C6H11NO2S. The van der Waals surface area contributed by atoms with E-state index in [-0.39, 0.29) is 0 Å². The van der Waals surface area contributed by atoms with Crippen LogP contribution in [0.4, 0.5) is 0 Å². The molecule has 0 saturated carbocycles. The minimum Gasteiger partial charge on any atom is -0.290 e. The van der Waals surface area contributed by atoms with Crippen LogP contribution in [-0.2, 0) is 10.9 Å². The fraction of sp³-hybridized carbons (Fsp3) is 0.667. The summed E-state index contributed by atoms with van der Waals surface area (Å²) in [6.07, 6.45) is 6.12. The summed E-state index contributed by atoms with van der Waals surface area (Å²) in [6, 6.07) is 0. The molecule has 0 heterocycles. The van der Waals surface area contributed by atoms with Crippen LogP contribution in [0.25, 0.3) is 0 Å². The van der Waals surface area contributed by atoms with Gasteiger partial charge in [-0.3, -0.25) is 4.72 Å². The highest BCUT2D eigenvalue weighted by molar-refractivity contribution is 7.70. The van der Waals surface area contributed by atoms with Gasteiger partial charge in [0.2, 0.25) is 10.9 Å². The van der Waals surface area contributed by atoms with Crippen molar-refractivity contribution < 1.29 is 8.42 Å². The van der Waals surface area contributed by atoms with E-state index in [2.05, 4.69) is 4.72 Å². The lowest BCUT2D eigenvalue weighted by molar-refractivity contribution is 0.601. The Balaban J connectivity index is 2.46. The Morgan fingerprint density at radius 2 is 2.20 bits per heavy atom. The van der Waals surface area contributed by atoms with Crippen molar-refractivity contribution in [2.24, 2.45) is 0 Å². The topological polar surface area (TPSA) is 46.2 Å². The van der Waals surface area contributed by atoms with Gasteiger partial charge in [-0.15, -0.1) is 0 Å². The summed E-state index contributed by atoms with van der Waals surface area (Å²) in [5, 5.41) is 0. The van der Waals surface area contributed by atoms with E-state index < -0.39 is 10.9 Å². The van der Waals surface area contributed by atoms with E-state index in [1.165, 1.54) is 6.42 Å². The minimum atomic E-state index is -2.44. The first kappa shape index (κ1) is 7.60. The highest BCUT2D eigenvalue weighted by atomic mass is 32.2. The molecule has 0 aromatic rings. The number of allylic oxidation sites excluding steroid dienone is 2. The standard InChI is InChI=1S/C6H11NO2S/c8-10(9)7-6-4-2-1-3-5-6/h4,10H,1-3,5H2,(H,7,8,9). The van der Waals surface area contributed by atoms with Gasteiger partial charge < -0.3 is 0 Å². The first-order chi connectivity index (χ1) is 4.79. The van der Waals surface area contributed by atoms with Gasteiger partial charge in [0.15, 0.2) is 0 Å². The predicted octanol–water partition coefficient (Wildman–Crippen LogP) is 0.560. The summed E-state index contributed by atoms with van der Waals surface area (Å²) in [5.74, 6) is 0. The zero-order chi connectivity index (χ0) is 7.40. The Hall–Kier alpha value is -0.510. The Kier molecular flexibility index (Phi) is 2.74. The Bertz CT molecular complexity index is 200. The molecule has 1 aliphatic rings. The lowest BCUT2D eigenvalue weighted by atomic mass is 10.1. The molecular weight excluding hydrogens is 150 g/mol. The van der Waals surface area contributed by atoms with Crippen molar-refractivity contribution in [1.82, 2.24) is 4.72 Å². The predicted molar refractivity (Wildman–Crippen MR) is 40.0 cm³/mol. The molecule has 10 heavy (non-hydrogen) atoms. The van der Waals surface area contributed by atoms with Crippen LogP contribution in [0, 0.1) is 0 Å². The third kappa shape index (κ3) is 2.39. The lowest BCUT2D eigenvalue weighted by Gasteiger charge is -2.09. The van der Waals surface area contributed by atoms with E-state index >= 15 is 0 Å². The number of thiol groups is 1. The summed E-state index contributed by atoms with van der Waals surface area (Å²) in [7, 11) is -2.44. The maximum atomic E-state index is 10.2. The first-order valence-electron chi connectivity index (χ1n) is 3.39. The van der Waals surface area contributed by atoms with Gasteiger partial charge in [-0.25, -0.2) is 8.42 Å². The van der Waals surface area contributed by atoms with Gasteiger partial charge in [0, 0.05) is 5.70 Å². The monoisotopic (exact) mass is 161 g/mol. The Morgan fingerprint density at radius 3 is 2.70 bits per heavy atom. The summed E-state index contributed by atoms with van der Waals surface area (Å²) in [5.41, 5.74) is 0.863. The van der Waals surface area contributed by atoms with Crippen molar-refractivity contribution in [2.45, 2.75) is 25.7 Å². The average molecular weight is 161 g/mol. The van der Waals surface area contributed by atoms with Gasteiger partial charge in [0.25, 0.3) is 0 Å². The molecule has 3 nitrogen and oxygen atoms in total. The van der Waals surface area contributed by atoms with Crippen molar-refractivity contribution >= 4 is 10.9 Å². The van der Waals surface area contributed by atoms with Crippen LogP contribution in [-0.4, -0.2) is 8.42 Å². The van der Waals surface area contributed by atoms with Crippen molar-refractivity contribution in [3.63, 3.8) is 0 Å². The summed E-state index contributed by atoms with van der Waals surface area (Å²) >= 11 is 0. The van der Waals surface area contributed by atoms with E-state index in [9.17, 15) is 8.42 Å². The van der Waals surface area contributed by atoms with Gasteiger partial charge in [0.1, 0.15) is 0 Å². The molecule has 0 aromatic heterocycles. The normalized spacial score (nSPS) is 18.7. The zero-order valence-electron chi connectivity index (χ0n) is 5.67. The molecule has 0 atom stereocenters. The molecule has 0 amide bonds. The van der Waals surface area contributed by atoms with E-state index in [0.29, 0.717) is 0 Å². The lowest BCUT2D eigenvalue weighted by Crippen LogP contribution is -2.12. The van der Waals surface area contributed by atoms with Crippen LogP contribution < -0.4 is 4.72 Å². The third-order valence-electron chi connectivity index (χ3n) is 1.53. The maximum absolute atomic E-state index is 10.2. The molecule has 0 saturated heterocycles. The van der Waals surface area contributed by atoms with E-state index in [0.717, 1.165) is 25.0 Å². The van der Waals surface area contributed by atoms with Crippen molar-refractivity contribution in [3.8, 4) is 0 Å². The van der Waals surface area contributed by atoms with Crippen LogP contribution in [0.3, 0.4) is 0 Å². The smallest absolute Gasteiger partial charge is 0.222 e. The Morgan fingerprint density at radius 1 is 1.40 bits per heavy atom. The molecule has 1 rings (SSSR count). The highest BCUT2D eigenvalue weighted by Gasteiger charge is 2.01. The van der Waals surface area contributed by atoms with Crippen LogP contribution in [0.1, 0.15) is 25.7 Å². The van der Waals surface area contributed by atoms with Crippen molar-refractivity contribution in [2.75, 3.05) is 0 Å². The van der Waals surface area contributed by atoms with Gasteiger partial charge in [-0.05, 0) is 25.7 Å². The quantitative estimate of drug-likeness (QED) is 0.581. The molecule has 1 N–H and O–H groups in total. The number of nitrogens with one attached hydrogen (secondary N) is 1. The highest BCUT2D eigenvalue weighted by Crippen LogP contribution is 2.14. The summed E-state index contributed by atoms with van der Waals surface area (Å²) < 4.78 is 22.7. The van der Waals surface area contributed by atoms with Crippen molar-refractivity contribution in [1.29, 1.82) is 0 Å². The Labute approximate surface area is 62.2 Å². The van der Waals surface area contributed by atoms with Crippen LogP contribution in [0.15, 0.2) is 11.8 Å². The molecule has 58 valence electrons. The SMILES string of the molecule is O=[SH](=O)NC1=CCCCC1. The number of hydrogen-bond donors (Lipinski definition) is 2. The van der Waals surface area contributed by atoms with E-state index in [1.54, 1.807) is 0 Å². The van der Waals surface area contributed by atoms with Crippen molar-refractivity contribution in [3.05, 3.63) is 11.8 Å².